The van der Waals surface area contributed by atoms with E-state index in [0.29, 0.717) is 30.4 Å². The Morgan fingerprint density at radius 3 is 2.83 bits per heavy atom. The van der Waals surface area contributed by atoms with Crippen molar-refractivity contribution in [1.29, 1.82) is 0 Å². The molecule has 124 valence electrons. The minimum atomic E-state index is -0.784. The summed E-state index contributed by atoms with van der Waals surface area (Å²) in [5.41, 5.74) is 4.08. The first-order valence-corrected chi connectivity index (χ1v) is 7.86. The van der Waals surface area contributed by atoms with Crippen LogP contribution < -0.4 is 10.2 Å². The predicted molar refractivity (Wildman–Crippen MR) is 84.1 cm³/mol. The Hall–Kier alpha value is -1.95. The number of rotatable bonds is 5. The number of benzene rings is 1. The van der Waals surface area contributed by atoms with Crippen LogP contribution in [-0.4, -0.2) is 35.4 Å². The molecule has 6 heteroatoms. The van der Waals surface area contributed by atoms with Crippen molar-refractivity contribution in [2.45, 2.75) is 44.8 Å². The summed E-state index contributed by atoms with van der Waals surface area (Å²) in [4.78, 5) is 10.8. The van der Waals surface area contributed by atoms with Gasteiger partial charge in [0.1, 0.15) is 12.9 Å². The van der Waals surface area contributed by atoms with Crippen LogP contribution >= 0.6 is 0 Å². The third-order valence-corrected chi connectivity index (χ3v) is 4.43. The highest BCUT2D eigenvalue weighted by atomic mass is 19.1. The highest BCUT2D eigenvalue weighted by Crippen LogP contribution is 2.36. The van der Waals surface area contributed by atoms with E-state index in [1.54, 1.807) is 6.92 Å². The number of aliphatic hydroxyl groups is 1. The van der Waals surface area contributed by atoms with Gasteiger partial charge in [0, 0.05) is 11.5 Å². The number of carbonyl (C=O) groups excluding carboxylic acids is 1. The molecule has 2 N–H and O–H groups in total. The molecule has 1 fully saturated rings. The molecule has 2 aliphatic rings. The standard InChI is InChI=1S/C17H21FN2O3/c1-10-6-13(8-21)19-20-15(10)12-5-11(2)16(14(18)7-12)23-9-17(22)3-4-17/h5,7-8,10,13,19,22H,3-4,6,9H2,1-2H3. The van der Waals surface area contributed by atoms with Gasteiger partial charge in [-0.1, -0.05) is 6.92 Å². The van der Waals surface area contributed by atoms with Crippen LogP contribution in [0.25, 0.3) is 0 Å². The maximum Gasteiger partial charge on any atom is 0.166 e. The fraction of sp³-hybridized carbons (Fsp3) is 0.529. The third kappa shape index (κ3) is 3.37. The van der Waals surface area contributed by atoms with Gasteiger partial charge in [0.05, 0.1) is 17.4 Å². The van der Waals surface area contributed by atoms with E-state index in [1.165, 1.54) is 6.07 Å². The molecule has 1 saturated carbocycles. The van der Waals surface area contributed by atoms with Crippen LogP contribution in [0.15, 0.2) is 17.2 Å². The Morgan fingerprint density at radius 2 is 2.26 bits per heavy atom. The number of carbonyl (C=O) groups is 1. The Morgan fingerprint density at radius 1 is 1.52 bits per heavy atom. The zero-order chi connectivity index (χ0) is 16.6. The van der Waals surface area contributed by atoms with Gasteiger partial charge in [-0.25, -0.2) is 4.39 Å². The van der Waals surface area contributed by atoms with Crippen LogP contribution in [0, 0.1) is 18.7 Å². The van der Waals surface area contributed by atoms with Gasteiger partial charge in [-0.2, -0.15) is 5.10 Å². The zero-order valence-corrected chi connectivity index (χ0v) is 13.3. The number of nitrogens with zero attached hydrogens (tertiary/aromatic N) is 1. The Balaban J connectivity index is 1.81. The Bertz CT molecular complexity index is 632. The van der Waals surface area contributed by atoms with Gasteiger partial charge in [-0.15, -0.1) is 0 Å². The second-order valence-corrected chi connectivity index (χ2v) is 6.62. The molecule has 0 bridgehead atoms. The summed E-state index contributed by atoms with van der Waals surface area (Å²) in [5.74, 6) is -0.224. The molecule has 2 atom stereocenters. The summed E-state index contributed by atoms with van der Waals surface area (Å²) >= 11 is 0. The average molecular weight is 320 g/mol. The van der Waals surface area contributed by atoms with E-state index in [9.17, 15) is 14.3 Å². The lowest BCUT2D eigenvalue weighted by Crippen LogP contribution is -2.37. The minimum absolute atomic E-state index is 0.0594. The number of halogens is 1. The third-order valence-electron chi connectivity index (χ3n) is 4.43. The SMILES string of the molecule is Cc1cc(C2=NNC(C=O)CC2C)cc(F)c1OCC1(O)CC1. The summed E-state index contributed by atoms with van der Waals surface area (Å²) in [6.45, 7) is 3.86. The molecule has 1 aliphatic heterocycles. The molecule has 0 spiro atoms. The summed E-state index contributed by atoms with van der Waals surface area (Å²) in [6, 6.07) is 2.94. The van der Waals surface area contributed by atoms with Gasteiger partial charge in [0.25, 0.3) is 0 Å². The van der Waals surface area contributed by atoms with Crippen LogP contribution in [-0.2, 0) is 4.79 Å². The van der Waals surface area contributed by atoms with Crippen LogP contribution in [0.1, 0.15) is 37.3 Å². The average Bonchev–Trinajstić information content (AvgIpc) is 3.24. The quantitative estimate of drug-likeness (QED) is 0.814. The van der Waals surface area contributed by atoms with Crippen molar-refractivity contribution in [1.82, 2.24) is 5.43 Å². The molecule has 0 amide bonds. The van der Waals surface area contributed by atoms with Gasteiger partial charge < -0.3 is 14.6 Å². The first kappa shape index (κ1) is 15.9. The Labute approximate surface area is 134 Å². The fourth-order valence-corrected chi connectivity index (χ4v) is 2.80. The van der Waals surface area contributed by atoms with Gasteiger partial charge in [-0.05, 0) is 43.9 Å². The number of ether oxygens (including phenoxy) is 1. The second-order valence-electron chi connectivity index (χ2n) is 6.62. The number of aryl methyl sites for hydroxylation is 1. The molecule has 23 heavy (non-hydrogen) atoms. The lowest BCUT2D eigenvalue weighted by atomic mass is 9.90. The summed E-state index contributed by atoms with van der Waals surface area (Å²) in [6.07, 6.45) is 2.86. The van der Waals surface area contributed by atoms with E-state index >= 15 is 0 Å². The molecule has 2 unspecified atom stereocenters. The summed E-state index contributed by atoms with van der Waals surface area (Å²) < 4.78 is 19.9. The molecule has 1 aliphatic carbocycles. The largest absolute Gasteiger partial charge is 0.487 e. The molecule has 0 radical (unpaired) electrons. The van der Waals surface area contributed by atoms with E-state index < -0.39 is 11.4 Å². The van der Waals surface area contributed by atoms with E-state index in [-0.39, 0.29) is 24.3 Å². The van der Waals surface area contributed by atoms with Crippen LogP contribution in [0.4, 0.5) is 4.39 Å². The number of hydrogen-bond acceptors (Lipinski definition) is 5. The van der Waals surface area contributed by atoms with E-state index in [2.05, 4.69) is 10.5 Å². The summed E-state index contributed by atoms with van der Waals surface area (Å²) in [7, 11) is 0. The van der Waals surface area contributed by atoms with Gasteiger partial charge in [-0.3, -0.25) is 5.43 Å². The normalized spacial score (nSPS) is 25.3. The van der Waals surface area contributed by atoms with Crippen molar-refractivity contribution >= 4 is 12.0 Å². The highest BCUT2D eigenvalue weighted by Gasteiger charge is 2.41. The summed E-state index contributed by atoms with van der Waals surface area (Å²) in [5, 5.41) is 14.0. The molecule has 1 aromatic carbocycles. The molecular formula is C17H21FN2O3. The molecule has 3 rings (SSSR count). The second kappa shape index (κ2) is 5.92. The van der Waals surface area contributed by atoms with Crippen molar-refractivity contribution in [2.24, 2.45) is 11.0 Å². The first-order valence-electron chi connectivity index (χ1n) is 7.86. The molecule has 1 aromatic rings. The molecule has 0 saturated heterocycles. The number of aldehydes is 1. The Kier molecular flexibility index (Phi) is 4.10. The monoisotopic (exact) mass is 320 g/mol. The van der Waals surface area contributed by atoms with Crippen molar-refractivity contribution in [3.63, 3.8) is 0 Å². The highest BCUT2D eigenvalue weighted by molar-refractivity contribution is 6.03. The van der Waals surface area contributed by atoms with E-state index in [4.69, 9.17) is 4.74 Å². The number of hydrazone groups is 1. The van der Waals surface area contributed by atoms with Gasteiger partial charge in [0.15, 0.2) is 11.6 Å². The van der Waals surface area contributed by atoms with Gasteiger partial charge >= 0.3 is 0 Å². The lowest BCUT2D eigenvalue weighted by molar-refractivity contribution is -0.109. The lowest BCUT2D eigenvalue weighted by Gasteiger charge is -2.25. The molecule has 0 aromatic heterocycles. The van der Waals surface area contributed by atoms with Crippen molar-refractivity contribution in [3.05, 3.63) is 29.1 Å². The van der Waals surface area contributed by atoms with Crippen molar-refractivity contribution < 1.29 is 19.0 Å². The van der Waals surface area contributed by atoms with Crippen LogP contribution in [0.2, 0.25) is 0 Å². The van der Waals surface area contributed by atoms with E-state index in [1.807, 2.05) is 13.0 Å². The van der Waals surface area contributed by atoms with Crippen LogP contribution in [0.3, 0.4) is 0 Å². The van der Waals surface area contributed by atoms with E-state index in [0.717, 1.165) is 12.0 Å². The topological polar surface area (TPSA) is 70.9 Å². The minimum Gasteiger partial charge on any atom is -0.487 e. The fourth-order valence-electron chi connectivity index (χ4n) is 2.80. The predicted octanol–water partition coefficient (Wildman–Crippen LogP) is 1.94. The molecular weight excluding hydrogens is 299 g/mol. The first-order chi connectivity index (χ1) is 10.9. The molecule has 5 nitrogen and oxygen atoms in total. The number of nitrogens with one attached hydrogen (secondary N) is 1. The van der Waals surface area contributed by atoms with Crippen molar-refractivity contribution in [3.8, 4) is 5.75 Å². The maximum atomic E-state index is 14.4. The number of hydrogen-bond donors (Lipinski definition) is 2. The zero-order valence-electron chi connectivity index (χ0n) is 13.3. The van der Waals surface area contributed by atoms with Crippen LogP contribution in [0.5, 0.6) is 5.75 Å². The van der Waals surface area contributed by atoms with Gasteiger partial charge in [0.2, 0.25) is 0 Å². The maximum absolute atomic E-state index is 14.4. The van der Waals surface area contributed by atoms with Crippen molar-refractivity contribution in [2.75, 3.05) is 6.61 Å². The molecule has 1 heterocycles. The smallest absolute Gasteiger partial charge is 0.166 e.